The Balaban J connectivity index is 1.42. The van der Waals surface area contributed by atoms with Crippen molar-refractivity contribution in [1.82, 2.24) is 5.32 Å². The average molecular weight is 452 g/mol. The number of amides is 1. The van der Waals surface area contributed by atoms with Gasteiger partial charge in [0, 0.05) is 11.5 Å². The second-order valence-electron chi connectivity index (χ2n) is 11.2. The minimum Gasteiger partial charge on any atom is -0.493 e. The van der Waals surface area contributed by atoms with Crippen LogP contribution < -0.4 is 14.8 Å². The van der Waals surface area contributed by atoms with Gasteiger partial charge in [0.25, 0.3) is 0 Å². The van der Waals surface area contributed by atoms with Crippen LogP contribution in [0.1, 0.15) is 59.3 Å². The summed E-state index contributed by atoms with van der Waals surface area (Å²) in [6.07, 6.45) is 10.2. The van der Waals surface area contributed by atoms with Crippen molar-refractivity contribution >= 4 is 11.9 Å². The number of carbonyl (C=O) groups excluding carboxylic acids is 2. The molecule has 0 unspecified atom stereocenters. The van der Waals surface area contributed by atoms with E-state index in [-0.39, 0.29) is 34.7 Å². The maximum absolute atomic E-state index is 13.4. The van der Waals surface area contributed by atoms with Crippen molar-refractivity contribution in [2.24, 2.45) is 40.4 Å². The second-order valence-corrected chi connectivity index (χ2v) is 11.2. The van der Waals surface area contributed by atoms with Crippen molar-refractivity contribution in [2.75, 3.05) is 7.11 Å². The van der Waals surface area contributed by atoms with Gasteiger partial charge in [-0.05, 0) is 79.4 Å². The monoisotopic (exact) mass is 451 g/mol. The van der Waals surface area contributed by atoms with Crippen LogP contribution in [0.5, 0.6) is 11.5 Å². The highest BCUT2D eigenvalue weighted by Crippen LogP contribution is 2.66. The zero-order chi connectivity index (χ0) is 23.4. The molecule has 1 heterocycles. The molecular weight excluding hydrogens is 414 g/mol. The van der Waals surface area contributed by atoms with E-state index in [0.717, 1.165) is 38.5 Å². The number of fused-ring (bicyclic) bond motifs is 5. The van der Waals surface area contributed by atoms with E-state index in [4.69, 9.17) is 9.47 Å². The van der Waals surface area contributed by atoms with Gasteiger partial charge in [-0.1, -0.05) is 45.4 Å². The van der Waals surface area contributed by atoms with Crippen molar-refractivity contribution in [2.45, 2.75) is 65.3 Å². The topological polar surface area (TPSA) is 64.6 Å². The molecule has 5 nitrogen and oxygen atoms in total. The number of para-hydroxylation sites is 2. The molecular formula is C28H37NO4. The normalized spacial score (nSPS) is 41.4. The van der Waals surface area contributed by atoms with Crippen LogP contribution in [0.15, 0.2) is 36.4 Å². The molecule has 5 rings (SSSR count). The molecule has 0 bridgehead atoms. The van der Waals surface area contributed by atoms with Crippen LogP contribution in [0.3, 0.4) is 0 Å². The summed E-state index contributed by atoms with van der Waals surface area (Å²) in [4.78, 5) is 25.5. The van der Waals surface area contributed by atoms with E-state index in [1.807, 2.05) is 18.2 Å². The average Bonchev–Trinajstić information content (AvgIpc) is 3.16. The molecule has 3 fully saturated rings. The summed E-state index contributed by atoms with van der Waals surface area (Å²) in [6.45, 7) is 6.98. The molecule has 1 aromatic rings. The van der Waals surface area contributed by atoms with Crippen LogP contribution in [-0.4, -0.2) is 25.0 Å². The molecule has 3 aliphatic carbocycles. The van der Waals surface area contributed by atoms with Crippen LogP contribution in [0.25, 0.3) is 0 Å². The lowest BCUT2D eigenvalue weighted by atomic mass is 9.45. The summed E-state index contributed by atoms with van der Waals surface area (Å²) < 4.78 is 11.3. The molecule has 1 aliphatic heterocycles. The molecule has 0 aromatic heterocycles. The van der Waals surface area contributed by atoms with E-state index in [0.29, 0.717) is 35.2 Å². The van der Waals surface area contributed by atoms with Crippen LogP contribution in [0.2, 0.25) is 0 Å². The van der Waals surface area contributed by atoms with Crippen LogP contribution in [0.4, 0.5) is 0 Å². The molecule has 1 amide bonds. The number of ether oxygens (including phenoxy) is 2. The fraction of sp³-hybridized carbons (Fsp3) is 0.643. The highest BCUT2D eigenvalue weighted by atomic mass is 16.6. The molecule has 178 valence electrons. The minimum absolute atomic E-state index is 0.00156. The molecule has 0 radical (unpaired) electrons. The Hall–Kier alpha value is -2.30. The zero-order valence-electron chi connectivity index (χ0n) is 20.3. The van der Waals surface area contributed by atoms with Gasteiger partial charge in [0.05, 0.1) is 13.0 Å². The van der Waals surface area contributed by atoms with Crippen molar-refractivity contribution in [3.63, 3.8) is 0 Å². The van der Waals surface area contributed by atoms with Gasteiger partial charge in [0.2, 0.25) is 5.91 Å². The Labute approximate surface area is 197 Å². The van der Waals surface area contributed by atoms with Crippen LogP contribution in [-0.2, 0) is 9.59 Å². The molecule has 3 saturated carbocycles. The van der Waals surface area contributed by atoms with Gasteiger partial charge in [0.1, 0.15) is 0 Å². The number of hydrogen-bond acceptors (Lipinski definition) is 4. The SMILES string of the molecule is CC[C@H]1C[C@H]2NC(=O)C=C[C@]2(C)[C@H]2CC[C@]3(C)[C@@H](C(=O)Oc4ccccc4OC)CC[C@H]3[C@H]12. The van der Waals surface area contributed by atoms with Crippen molar-refractivity contribution < 1.29 is 19.1 Å². The Kier molecular flexibility index (Phi) is 5.57. The third kappa shape index (κ3) is 3.41. The first-order valence-corrected chi connectivity index (χ1v) is 12.7. The third-order valence-corrected chi connectivity index (χ3v) is 9.96. The fourth-order valence-electron chi connectivity index (χ4n) is 8.19. The summed E-state index contributed by atoms with van der Waals surface area (Å²) in [7, 11) is 1.60. The molecule has 5 heteroatoms. The van der Waals surface area contributed by atoms with E-state index in [1.165, 1.54) is 0 Å². The molecule has 1 N–H and O–H groups in total. The summed E-state index contributed by atoms with van der Waals surface area (Å²) >= 11 is 0. The maximum atomic E-state index is 13.4. The van der Waals surface area contributed by atoms with Crippen molar-refractivity contribution in [3.05, 3.63) is 36.4 Å². The van der Waals surface area contributed by atoms with E-state index < -0.39 is 0 Å². The number of carbonyl (C=O) groups is 2. The number of methoxy groups -OCH3 is 1. The summed E-state index contributed by atoms with van der Waals surface area (Å²) in [5, 5.41) is 3.28. The van der Waals surface area contributed by atoms with Crippen molar-refractivity contribution in [3.8, 4) is 11.5 Å². The van der Waals surface area contributed by atoms with E-state index >= 15 is 0 Å². The van der Waals surface area contributed by atoms with E-state index in [1.54, 1.807) is 19.3 Å². The van der Waals surface area contributed by atoms with Gasteiger partial charge >= 0.3 is 5.97 Å². The third-order valence-electron chi connectivity index (χ3n) is 9.96. The Bertz CT molecular complexity index is 972. The summed E-state index contributed by atoms with van der Waals surface area (Å²) in [6, 6.07) is 7.61. The van der Waals surface area contributed by atoms with Gasteiger partial charge in [-0.15, -0.1) is 0 Å². The number of hydrogen-bond donors (Lipinski definition) is 1. The molecule has 0 spiro atoms. The lowest BCUT2D eigenvalue weighted by Gasteiger charge is -2.61. The van der Waals surface area contributed by atoms with E-state index in [9.17, 15) is 9.59 Å². The second kappa shape index (κ2) is 8.18. The van der Waals surface area contributed by atoms with Gasteiger partial charge in [-0.25, -0.2) is 0 Å². The van der Waals surface area contributed by atoms with Crippen LogP contribution in [0, 0.1) is 40.4 Å². The number of nitrogens with one attached hydrogen (secondary N) is 1. The summed E-state index contributed by atoms with van der Waals surface area (Å²) in [5.41, 5.74) is -0.0416. The van der Waals surface area contributed by atoms with Crippen molar-refractivity contribution in [1.29, 1.82) is 0 Å². The Morgan fingerprint density at radius 3 is 2.61 bits per heavy atom. The predicted molar refractivity (Wildman–Crippen MR) is 127 cm³/mol. The highest BCUT2D eigenvalue weighted by molar-refractivity contribution is 5.89. The Morgan fingerprint density at radius 1 is 1.12 bits per heavy atom. The standard InChI is InChI=1S/C28H37NO4/c1-5-17-16-23-28(3,15-13-24(30)29-23)19-12-14-27(2)18(25(17)19)10-11-20(27)26(31)33-22-9-7-6-8-21(22)32-4/h6-9,13,15,17-20,23,25H,5,10-12,14,16H2,1-4H3,(H,29,30)/t17-,18-,19-,20+,23+,25-,27-,28+/m0/s1. The van der Waals surface area contributed by atoms with Crippen LogP contribution >= 0.6 is 0 Å². The van der Waals surface area contributed by atoms with Gasteiger partial charge in [-0.2, -0.15) is 0 Å². The van der Waals surface area contributed by atoms with Gasteiger partial charge in [-0.3, -0.25) is 9.59 Å². The molecule has 4 aliphatic rings. The first-order valence-electron chi connectivity index (χ1n) is 12.7. The maximum Gasteiger partial charge on any atom is 0.315 e. The Morgan fingerprint density at radius 2 is 1.88 bits per heavy atom. The minimum atomic E-state index is -0.110. The first-order chi connectivity index (χ1) is 15.8. The highest BCUT2D eigenvalue weighted by Gasteiger charge is 2.63. The van der Waals surface area contributed by atoms with Gasteiger partial charge in [0.15, 0.2) is 11.5 Å². The molecule has 8 atom stereocenters. The molecule has 33 heavy (non-hydrogen) atoms. The quantitative estimate of drug-likeness (QED) is 0.508. The number of benzene rings is 1. The molecule has 1 aromatic carbocycles. The zero-order valence-corrected chi connectivity index (χ0v) is 20.3. The first kappa shape index (κ1) is 22.5. The lowest BCUT2D eigenvalue weighted by molar-refractivity contribution is -0.149. The van der Waals surface area contributed by atoms with E-state index in [2.05, 4.69) is 32.2 Å². The number of esters is 1. The lowest BCUT2D eigenvalue weighted by Crippen LogP contribution is -2.62. The smallest absolute Gasteiger partial charge is 0.315 e. The fourth-order valence-corrected chi connectivity index (χ4v) is 8.19. The summed E-state index contributed by atoms with van der Waals surface area (Å²) in [5.74, 6) is 3.17. The predicted octanol–water partition coefficient (Wildman–Crippen LogP) is 5.15. The molecule has 0 saturated heterocycles. The largest absolute Gasteiger partial charge is 0.493 e. The van der Waals surface area contributed by atoms with Gasteiger partial charge < -0.3 is 14.8 Å². The number of rotatable bonds is 4.